The average molecular weight is 237 g/mol. The van der Waals surface area contributed by atoms with Crippen molar-refractivity contribution in [3.8, 4) is 0 Å². The molecule has 0 radical (unpaired) electrons. The second-order valence-corrected chi connectivity index (χ2v) is 5.33. The van der Waals surface area contributed by atoms with Gasteiger partial charge in [0.1, 0.15) is 0 Å². The summed E-state index contributed by atoms with van der Waals surface area (Å²) in [7, 11) is -3.62. The number of hydrogen-bond donors (Lipinski definition) is 1. The lowest BCUT2D eigenvalue weighted by molar-refractivity contribution is -0.140. The predicted molar refractivity (Wildman–Crippen MR) is 52.6 cm³/mol. The molecule has 0 spiro atoms. The molecule has 1 N–H and O–H groups in total. The van der Waals surface area contributed by atoms with Gasteiger partial charge in [-0.3, -0.25) is 4.79 Å². The Labute approximate surface area is 88.9 Å². The van der Waals surface area contributed by atoms with E-state index in [1.165, 1.54) is 0 Å². The van der Waals surface area contributed by atoms with Crippen molar-refractivity contribution in [1.82, 2.24) is 4.31 Å². The summed E-state index contributed by atoms with van der Waals surface area (Å²) in [5, 5.41) is 9.18. The van der Waals surface area contributed by atoms with Gasteiger partial charge in [0.25, 0.3) is 0 Å². The molecule has 0 saturated carbocycles. The third-order valence-electron chi connectivity index (χ3n) is 2.13. The first-order chi connectivity index (χ1) is 6.95. The molecule has 15 heavy (non-hydrogen) atoms. The number of ether oxygens (including phenoxy) is 1. The van der Waals surface area contributed by atoms with Gasteiger partial charge in [-0.15, -0.1) is 0 Å². The normalized spacial score (nSPS) is 22.9. The van der Waals surface area contributed by atoms with Crippen molar-refractivity contribution < 1.29 is 23.1 Å². The van der Waals surface area contributed by atoms with Gasteiger partial charge >= 0.3 is 5.97 Å². The molecule has 0 bridgehead atoms. The van der Waals surface area contributed by atoms with Gasteiger partial charge in [0, 0.05) is 13.1 Å². The number of rotatable bonds is 4. The number of esters is 1. The van der Waals surface area contributed by atoms with Crippen LogP contribution in [-0.4, -0.2) is 55.4 Å². The van der Waals surface area contributed by atoms with Crippen molar-refractivity contribution in [2.24, 2.45) is 0 Å². The van der Waals surface area contributed by atoms with Crippen molar-refractivity contribution in [1.29, 1.82) is 0 Å². The van der Waals surface area contributed by atoms with Crippen molar-refractivity contribution in [3.63, 3.8) is 0 Å². The smallest absolute Gasteiger partial charge is 0.322 e. The summed E-state index contributed by atoms with van der Waals surface area (Å²) in [6, 6.07) is 0. The van der Waals surface area contributed by atoms with Gasteiger partial charge in [0.2, 0.25) is 10.0 Å². The van der Waals surface area contributed by atoms with Gasteiger partial charge in [-0.25, -0.2) is 8.42 Å². The molecule has 1 rings (SSSR count). The van der Waals surface area contributed by atoms with Gasteiger partial charge in [0.15, 0.2) is 5.75 Å². The van der Waals surface area contributed by atoms with Crippen molar-refractivity contribution >= 4 is 16.0 Å². The van der Waals surface area contributed by atoms with Crippen LogP contribution in [-0.2, 0) is 19.6 Å². The zero-order valence-electron chi connectivity index (χ0n) is 8.55. The van der Waals surface area contributed by atoms with Gasteiger partial charge in [-0.05, 0) is 13.3 Å². The molecule has 88 valence electrons. The molecule has 0 amide bonds. The van der Waals surface area contributed by atoms with Crippen LogP contribution in [0.15, 0.2) is 0 Å². The van der Waals surface area contributed by atoms with Crippen LogP contribution in [0.1, 0.15) is 13.3 Å². The summed E-state index contributed by atoms with van der Waals surface area (Å²) in [6.07, 6.45) is -0.204. The lowest BCUT2D eigenvalue weighted by Crippen LogP contribution is -2.35. The summed E-state index contributed by atoms with van der Waals surface area (Å²) < 4.78 is 28.8. The molecule has 1 saturated heterocycles. The molecule has 0 aliphatic carbocycles. The van der Waals surface area contributed by atoms with Gasteiger partial charge in [-0.2, -0.15) is 4.31 Å². The molecule has 6 nitrogen and oxygen atoms in total. The number of hydrogen-bond acceptors (Lipinski definition) is 5. The highest BCUT2D eigenvalue weighted by Crippen LogP contribution is 2.13. The van der Waals surface area contributed by atoms with E-state index in [-0.39, 0.29) is 19.7 Å². The van der Waals surface area contributed by atoms with Crippen LogP contribution in [0.5, 0.6) is 0 Å². The Balaban J connectivity index is 2.56. The second kappa shape index (κ2) is 4.91. The molecule has 1 aliphatic rings. The van der Waals surface area contributed by atoms with Crippen LogP contribution in [0, 0.1) is 0 Å². The number of carbonyl (C=O) groups is 1. The second-order valence-electron chi connectivity index (χ2n) is 3.36. The highest BCUT2D eigenvalue weighted by Gasteiger charge is 2.32. The molecule has 1 fully saturated rings. The van der Waals surface area contributed by atoms with Gasteiger partial charge in [0.05, 0.1) is 12.7 Å². The Morgan fingerprint density at radius 2 is 2.27 bits per heavy atom. The summed E-state index contributed by atoms with van der Waals surface area (Å²) in [4.78, 5) is 11.0. The number of aliphatic hydroxyl groups excluding tert-OH is 1. The Hall–Kier alpha value is -0.660. The molecule has 0 aromatic rings. The number of aliphatic hydroxyl groups is 1. The first-order valence-corrected chi connectivity index (χ1v) is 6.38. The van der Waals surface area contributed by atoms with E-state index in [2.05, 4.69) is 4.74 Å². The fraction of sp³-hybridized carbons (Fsp3) is 0.875. The lowest BCUT2D eigenvalue weighted by atomic mass is 10.3. The Morgan fingerprint density at radius 3 is 2.73 bits per heavy atom. The molecule has 1 unspecified atom stereocenters. The quantitative estimate of drug-likeness (QED) is 0.630. The van der Waals surface area contributed by atoms with Gasteiger partial charge < -0.3 is 9.84 Å². The number of sulfonamides is 1. The van der Waals surface area contributed by atoms with Crippen LogP contribution in [0.25, 0.3) is 0 Å². The van der Waals surface area contributed by atoms with E-state index in [1.807, 2.05) is 0 Å². The molecule has 0 aromatic carbocycles. The van der Waals surface area contributed by atoms with Gasteiger partial charge in [-0.1, -0.05) is 0 Å². The Morgan fingerprint density at radius 1 is 1.60 bits per heavy atom. The van der Waals surface area contributed by atoms with Crippen molar-refractivity contribution in [2.45, 2.75) is 19.4 Å². The number of β-amino-alcohol motifs (C(OH)–C–C–N with tert-alkyl or cyclic N) is 1. The standard InChI is InChI=1S/C8H15NO5S/c1-2-14-8(11)6-15(12,13)9-4-3-7(10)5-9/h7,10H,2-6H2,1H3. The first-order valence-electron chi connectivity index (χ1n) is 4.77. The fourth-order valence-corrected chi connectivity index (χ4v) is 2.75. The third-order valence-corrected chi connectivity index (χ3v) is 3.84. The van der Waals surface area contributed by atoms with E-state index in [4.69, 9.17) is 0 Å². The topological polar surface area (TPSA) is 83.9 Å². The van der Waals surface area contributed by atoms with Crippen molar-refractivity contribution in [2.75, 3.05) is 25.4 Å². The number of nitrogens with zero attached hydrogens (tertiary/aromatic N) is 1. The van der Waals surface area contributed by atoms with E-state index in [1.54, 1.807) is 6.92 Å². The number of carbonyl (C=O) groups excluding carboxylic acids is 1. The zero-order chi connectivity index (χ0) is 11.5. The van der Waals surface area contributed by atoms with Crippen LogP contribution < -0.4 is 0 Å². The van der Waals surface area contributed by atoms with Crippen molar-refractivity contribution in [3.05, 3.63) is 0 Å². The minimum Gasteiger partial charge on any atom is -0.465 e. The monoisotopic (exact) mass is 237 g/mol. The maximum Gasteiger partial charge on any atom is 0.322 e. The van der Waals surface area contributed by atoms with Crippen LogP contribution in [0.4, 0.5) is 0 Å². The summed E-state index contributed by atoms with van der Waals surface area (Å²) in [5.41, 5.74) is 0. The SMILES string of the molecule is CCOC(=O)CS(=O)(=O)N1CCC(O)C1. The molecule has 0 aromatic heterocycles. The molecular formula is C8H15NO5S. The lowest BCUT2D eigenvalue weighted by Gasteiger charge is -2.14. The highest BCUT2D eigenvalue weighted by atomic mass is 32.2. The van der Waals surface area contributed by atoms with Crippen LogP contribution >= 0.6 is 0 Å². The van der Waals surface area contributed by atoms with Crippen LogP contribution in [0.2, 0.25) is 0 Å². The molecule has 1 atom stereocenters. The molecule has 1 aliphatic heterocycles. The van der Waals surface area contributed by atoms with E-state index < -0.39 is 27.8 Å². The van der Waals surface area contributed by atoms with Crippen LogP contribution in [0.3, 0.4) is 0 Å². The fourth-order valence-electron chi connectivity index (χ4n) is 1.41. The first kappa shape index (κ1) is 12.4. The summed E-state index contributed by atoms with van der Waals surface area (Å²) in [6.45, 7) is 2.12. The Bertz CT molecular complexity index is 326. The minimum absolute atomic E-state index is 0.0712. The maximum atomic E-state index is 11.6. The summed E-state index contributed by atoms with van der Waals surface area (Å²) in [5.74, 6) is -1.40. The minimum atomic E-state index is -3.62. The van der Waals surface area contributed by atoms with E-state index in [0.29, 0.717) is 6.42 Å². The molecular weight excluding hydrogens is 222 g/mol. The van der Waals surface area contributed by atoms with E-state index in [9.17, 15) is 18.3 Å². The molecule has 1 heterocycles. The summed E-state index contributed by atoms with van der Waals surface area (Å²) >= 11 is 0. The average Bonchev–Trinajstić information content (AvgIpc) is 2.51. The maximum absolute atomic E-state index is 11.6. The van der Waals surface area contributed by atoms with E-state index >= 15 is 0 Å². The largest absolute Gasteiger partial charge is 0.465 e. The highest BCUT2D eigenvalue weighted by molar-refractivity contribution is 7.89. The zero-order valence-corrected chi connectivity index (χ0v) is 9.37. The Kier molecular flexibility index (Phi) is 4.06. The molecule has 7 heteroatoms. The third kappa shape index (κ3) is 3.44. The predicted octanol–water partition coefficient (Wildman–Crippen LogP) is -1.05. The van der Waals surface area contributed by atoms with E-state index in [0.717, 1.165) is 4.31 Å².